The van der Waals surface area contributed by atoms with Crippen LogP contribution in [0.15, 0.2) is 54.6 Å². The quantitative estimate of drug-likeness (QED) is 0.749. The minimum atomic E-state index is -0.0652. The van der Waals surface area contributed by atoms with Gasteiger partial charge in [-0.3, -0.25) is 4.57 Å². The highest BCUT2D eigenvalue weighted by atomic mass is 32.1. The topological polar surface area (TPSA) is 63.1 Å². The lowest BCUT2D eigenvalue weighted by Gasteiger charge is -2.20. The molecule has 0 aromatic carbocycles. The Morgan fingerprint density at radius 1 is 1.38 bits per heavy atom. The van der Waals surface area contributed by atoms with E-state index in [-0.39, 0.29) is 6.03 Å². The number of hydrogen-bond donors (Lipinski definition) is 1. The van der Waals surface area contributed by atoms with Crippen molar-refractivity contribution < 1.29 is 4.79 Å². The lowest BCUT2D eigenvalue weighted by Crippen LogP contribution is -2.38. The van der Waals surface area contributed by atoms with Crippen molar-refractivity contribution in [2.45, 2.75) is 20.0 Å². The molecule has 3 heterocycles. The molecule has 0 fully saturated rings. The molecule has 3 aromatic heterocycles. The standard InChI is InChI=1S/C17H19N5OS/c1-2-21(12-15-4-3-9-24-15)17(23)20-11-14-5-6-16(19-10-14)22-8-7-18-13-22/h3-10,13H,2,11-12H2,1H3,(H,20,23). The van der Waals surface area contributed by atoms with E-state index in [9.17, 15) is 4.79 Å². The highest BCUT2D eigenvalue weighted by molar-refractivity contribution is 7.09. The molecule has 0 bridgehead atoms. The first kappa shape index (κ1) is 16.2. The lowest BCUT2D eigenvalue weighted by molar-refractivity contribution is 0.198. The van der Waals surface area contributed by atoms with Crippen LogP contribution in [0.4, 0.5) is 4.79 Å². The van der Waals surface area contributed by atoms with Gasteiger partial charge in [0, 0.05) is 36.6 Å². The molecule has 24 heavy (non-hydrogen) atoms. The molecule has 0 atom stereocenters. The number of aromatic nitrogens is 3. The maximum atomic E-state index is 12.3. The Labute approximate surface area is 144 Å². The Morgan fingerprint density at radius 2 is 2.29 bits per heavy atom. The lowest BCUT2D eigenvalue weighted by atomic mass is 10.3. The summed E-state index contributed by atoms with van der Waals surface area (Å²) in [6.07, 6.45) is 7.02. The van der Waals surface area contributed by atoms with Crippen LogP contribution in [0.5, 0.6) is 0 Å². The van der Waals surface area contributed by atoms with Crippen LogP contribution in [0, 0.1) is 0 Å². The fraction of sp³-hybridized carbons (Fsp3) is 0.235. The second-order valence-electron chi connectivity index (χ2n) is 5.25. The first-order valence-corrected chi connectivity index (χ1v) is 8.62. The van der Waals surface area contributed by atoms with Crippen LogP contribution in [-0.2, 0) is 13.1 Å². The molecule has 0 saturated heterocycles. The Balaban J connectivity index is 1.55. The number of thiophene rings is 1. The molecule has 2 amide bonds. The van der Waals surface area contributed by atoms with E-state index < -0.39 is 0 Å². The van der Waals surface area contributed by atoms with Crippen molar-refractivity contribution >= 4 is 17.4 Å². The number of nitrogens with one attached hydrogen (secondary N) is 1. The SMILES string of the molecule is CCN(Cc1cccs1)C(=O)NCc1ccc(-n2ccnc2)nc1. The first-order valence-electron chi connectivity index (χ1n) is 7.74. The summed E-state index contributed by atoms with van der Waals surface area (Å²) in [6.45, 7) is 3.74. The number of carbonyl (C=O) groups is 1. The fourth-order valence-corrected chi connectivity index (χ4v) is 3.00. The van der Waals surface area contributed by atoms with E-state index in [4.69, 9.17) is 0 Å². The molecular formula is C17H19N5OS. The van der Waals surface area contributed by atoms with E-state index in [0.717, 1.165) is 11.4 Å². The molecule has 0 aliphatic rings. The van der Waals surface area contributed by atoms with Gasteiger partial charge in [-0.15, -0.1) is 11.3 Å². The molecule has 0 saturated carbocycles. The zero-order valence-corrected chi connectivity index (χ0v) is 14.2. The van der Waals surface area contributed by atoms with Crippen LogP contribution in [0.3, 0.4) is 0 Å². The van der Waals surface area contributed by atoms with Crippen molar-refractivity contribution in [3.63, 3.8) is 0 Å². The second kappa shape index (κ2) is 7.74. The van der Waals surface area contributed by atoms with Gasteiger partial charge >= 0.3 is 6.03 Å². The van der Waals surface area contributed by atoms with Crippen LogP contribution in [0.2, 0.25) is 0 Å². The molecular weight excluding hydrogens is 322 g/mol. The van der Waals surface area contributed by atoms with Gasteiger partial charge in [0.05, 0.1) is 6.54 Å². The van der Waals surface area contributed by atoms with Crippen molar-refractivity contribution in [1.29, 1.82) is 0 Å². The van der Waals surface area contributed by atoms with E-state index in [1.165, 1.54) is 4.88 Å². The normalized spacial score (nSPS) is 10.5. The first-order chi connectivity index (χ1) is 11.8. The van der Waals surface area contributed by atoms with E-state index in [0.29, 0.717) is 19.6 Å². The van der Waals surface area contributed by atoms with Gasteiger partial charge in [-0.05, 0) is 30.0 Å². The van der Waals surface area contributed by atoms with Gasteiger partial charge in [-0.1, -0.05) is 12.1 Å². The summed E-state index contributed by atoms with van der Waals surface area (Å²) < 4.78 is 1.84. The van der Waals surface area contributed by atoms with E-state index >= 15 is 0 Å². The number of carbonyl (C=O) groups excluding carboxylic acids is 1. The maximum Gasteiger partial charge on any atom is 0.317 e. The summed E-state index contributed by atoms with van der Waals surface area (Å²) in [6, 6.07) is 7.84. The van der Waals surface area contributed by atoms with Crippen LogP contribution >= 0.6 is 11.3 Å². The summed E-state index contributed by atoms with van der Waals surface area (Å²) in [5.74, 6) is 0.801. The van der Waals surface area contributed by atoms with Crippen molar-refractivity contribution in [3.8, 4) is 5.82 Å². The maximum absolute atomic E-state index is 12.3. The van der Waals surface area contributed by atoms with Gasteiger partial charge < -0.3 is 10.2 Å². The predicted octanol–water partition coefficient (Wildman–Crippen LogP) is 3.06. The number of nitrogens with zero attached hydrogens (tertiary/aromatic N) is 4. The summed E-state index contributed by atoms with van der Waals surface area (Å²) in [7, 11) is 0. The number of urea groups is 1. The molecule has 0 unspecified atom stereocenters. The number of imidazole rings is 1. The summed E-state index contributed by atoms with van der Waals surface area (Å²) in [5, 5.41) is 4.97. The van der Waals surface area contributed by atoms with Gasteiger partial charge in [0.25, 0.3) is 0 Å². The van der Waals surface area contributed by atoms with Gasteiger partial charge in [-0.25, -0.2) is 14.8 Å². The molecule has 1 N–H and O–H groups in total. The van der Waals surface area contributed by atoms with Crippen molar-refractivity contribution in [1.82, 2.24) is 24.8 Å². The zero-order valence-electron chi connectivity index (χ0n) is 13.4. The molecule has 7 heteroatoms. The van der Waals surface area contributed by atoms with Crippen LogP contribution in [0.1, 0.15) is 17.4 Å². The van der Waals surface area contributed by atoms with E-state index in [1.54, 1.807) is 35.0 Å². The van der Waals surface area contributed by atoms with Crippen molar-refractivity contribution in [2.75, 3.05) is 6.54 Å². The molecule has 0 aliphatic heterocycles. The number of pyridine rings is 1. The summed E-state index contributed by atoms with van der Waals surface area (Å²) in [5.41, 5.74) is 0.958. The molecule has 0 radical (unpaired) electrons. The highest BCUT2D eigenvalue weighted by Gasteiger charge is 2.12. The molecule has 3 aromatic rings. The Hall–Kier alpha value is -2.67. The monoisotopic (exact) mass is 341 g/mol. The van der Waals surface area contributed by atoms with Gasteiger partial charge in [0.2, 0.25) is 0 Å². The van der Waals surface area contributed by atoms with Crippen LogP contribution < -0.4 is 5.32 Å². The van der Waals surface area contributed by atoms with Crippen LogP contribution in [0.25, 0.3) is 5.82 Å². The average Bonchev–Trinajstić information content (AvgIpc) is 3.31. The minimum absolute atomic E-state index is 0.0652. The summed E-state index contributed by atoms with van der Waals surface area (Å²) in [4.78, 5) is 23.7. The minimum Gasteiger partial charge on any atom is -0.334 e. The number of amides is 2. The third-order valence-electron chi connectivity index (χ3n) is 3.62. The summed E-state index contributed by atoms with van der Waals surface area (Å²) >= 11 is 1.66. The molecule has 3 rings (SSSR count). The number of rotatable bonds is 6. The third kappa shape index (κ3) is 3.99. The Bertz CT molecular complexity index is 753. The van der Waals surface area contributed by atoms with Crippen molar-refractivity contribution in [2.24, 2.45) is 0 Å². The largest absolute Gasteiger partial charge is 0.334 e. The average molecular weight is 341 g/mol. The molecule has 6 nitrogen and oxygen atoms in total. The third-order valence-corrected chi connectivity index (χ3v) is 4.48. The molecule has 0 spiro atoms. The predicted molar refractivity (Wildman–Crippen MR) is 94.0 cm³/mol. The fourth-order valence-electron chi connectivity index (χ4n) is 2.28. The van der Waals surface area contributed by atoms with Crippen molar-refractivity contribution in [3.05, 3.63) is 65.0 Å². The van der Waals surface area contributed by atoms with E-state index in [1.807, 2.05) is 47.3 Å². The van der Waals surface area contributed by atoms with E-state index in [2.05, 4.69) is 15.3 Å². The number of hydrogen-bond acceptors (Lipinski definition) is 4. The molecule has 0 aliphatic carbocycles. The smallest absolute Gasteiger partial charge is 0.317 e. The second-order valence-corrected chi connectivity index (χ2v) is 6.28. The zero-order chi connectivity index (χ0) is 16.8. The van der Waals surface area contributed by atoms with Crippen LogP contribution in [-0.4, -0.2) is 32.0 Å². The Kier molecular flexibility index (Phi) is 5.22. The van der Waals surface area contributed by atoms with Gasteiger partial charge in [0.15, 0.2) is 0 Å². The van der Waals surface area contributed by atoms with Gasteiger partial charge in [-0.2, -0.15) is 0 Å². The Morgan fingerprint density at radius 3 is 2.92 bits per heavy atom. The van der Waals surface area contributed by atoms with Gasteiger partial charge in [0.1, 0.15) is 12.1 Å². The highest BCUT2D eigenvalue weighted by Crippen LogP contribution is 2.12. The molecule has 124 valence electrons.